The smallest absolute Gasteiger partial charge is 0.332 e. The van der Waals surface area contributed by atoms with Crippen molar-refractivity contribution in [2.45, 2.75) is 19.9 Å². The van der Waals surface area contributed by atoms with Crippen molar-refractivity contribution in [3.05, 3.63) is 20.8 Å². The van der Waals surface area contributed by atoms with E-state index in [1.807, 2.05) is 6.92 Å². The van der Waals surface area contributed by atoms with Gasteiger partial charge in [0, 0.05) is 14.1 Å². The Balaban J connectivity index is 2.43. The Bertz CT molecular complexity index is 978. The van der Waals surface area contributed by atoms with Crippen molar-refractivity contribution < 1.29 is 4.79 Å². The summed E-state index contributed by atoms with van der Waals surface area (Å²) in [5.74, 6) is -0.258. The van der Waals surface area contributed by atoms with E-state index in [2.05, 4.69) is 10.1 Å². The van der Waals surface area contributed by atoms with Crippen LogP contribution >= 0.6 is 0 Å². The second-order valence-electron chi connectivity index (χ2n) is 5.60. The van der Waals surface area contributed by atoms with Crippen molar-refractivity contribution in [2.24, 2.45) is 24.9 Å². The van der Waals surface area contributed by atoms with Crippen LogP contribution in [-0.4, -0.2) is 36.8 Å². The van der Waals surface area contributed by atoms with Crippen molar-refractivity contribution in [1.82, 2.24) is 18.7 Å². The second-order valence-corrected chi connectivity index (χ2v) is 5.60. The molecule has 3 rings (SSSR count). The molecule has 0 aromatic carbocycles. The maximum absolute atomic E-state index is 12.6. The van der Waals surface area contributed by atoms with Crippen LogP contribution in [0.2, 0.25) is 0 Å². The van der Waals surface area contributed by atoms with Crippen molar-refractivity contribution in [2.75, 3.05) is 11.6 Å². The van der Waals surface area contributed by atoms with Gasteiger partial charge in [-0.05, 0) is 13.8 Å². The molecule has 1 aliphatic heterocycles. The van der Waals surface area contributed by atoms with Gasteiger partial charge in [-0.25, -0.2) is 9.80 Å². The molecule has 2 aromatic heterocycles. The molecular formula is C13H17N7O3. The summed E-state index contributed by atoms with van der Waals surface area (Å²) >= 11 is 0. The van der Waals surface area contributed by atoms with Gasteiger partial charge in [0.05, 0.1) is 11.8 Å². The Hall–Kier alpha value is -2.91. The molecule has 0 fully saturated rings. The number of carbonyl (C=O) groups is 1. The van der Waals surface area contributed by atoms with E-state index in [-0.39, 0.29) is 18.2 Å². The fourth-order valence-corrected chi connectivity index (χ4v) is 2.71. The lowest BCUT2D eigenvalue weighted by atomic mass is 10.2. The Morgan fingerprint density at radius 3 is 2.52 bits per heavy atom. The van der Waals surface area contributed by atoms with E-state index < -0.39 is 17.2 Å². The third-order valence-corrected chi connectivity index (χ3v) is 4.08. The standard InChI is InChI=1S/C13H17N7O3/c1-6-7(2)20-9-10(17(3)13(23)18(4)11(9)22)15-12(20)19(16-6)5-8(14)21/h7H,5H2,1-4H3,(H2,14,21)/t7-/m0/s1. The highest BCUT2D eigenvalue weighted by molar-refractivity contribution is 5.92. The zero-order valence-corrected chi connectivity index (χ0v) is 13.3. The van der Waals surface area contributed by atoms with Crippen LogP contribution < -0.4 is 22.0 Å². The molecule has 0 bridgehead atoms. The van der Waals surface area contributed by atoms with Gasteiger partial charge >= 0.3 is 5.69 Å². The number of nitrogens with two attached hydrogens (primary N) is 1. The number of hydrazone groups is 1. The van der Waals surface area contributed by atoms with Gasteiger partial charge in [-0.15, -0.1) is 0 Å². The van der Waals surface area contributed by atoms with E-state index in [4.69, 9.17) is 5.73 Å². The molecule has 0 spiro atoms. The number of hydrogen-bond donors (Lipinski definition) is 1. The molecule has 0 saturated carbocycles. The average molecular weight is 319 g/mol. The maximum Gasteiger partial charge on any atom is 0.332 e. The van der Waals surface area contributed by atoms with Crippen LogP contribution in [0.3, 0.4) is 0 Å². The van der Waals surface area contributed by atoms with Crippen LogP contribution in [0.1, 0.15) is 19.9 Å². The average Bonchev–Trinajstić information content (AvgIpc) is 2.88. The topological polar surface area (TPSA) is 121 Å². The van der Waals surface area contributed by atoms with Gasteiger partial charge in [0.1, 0.15) is 6.54 Å². The summed E-state index contributed by atoms with van der Waals surface area (Å²) in [6, 6.07) is -0.232. The number of imidazole rings is 1. The number of primary amides is 1. The number of fused-ring (bicyclic) bond motifs is 3. The molecule has 0 unspecified atom stereocenters. The number of aryl methyl sites for hydroxylation is 1. The summed E-state index contributed by atoms with van der Waals surface area (Å²) < 4.78 is 4.01. The van der Waals surface area contributed by atoms with Crippen molar-refractivity contribution in [3.63, 3.8) is 0 Å². The lowest BCUT2D eigenvalue weighted by molar-refractivity contribution is -0.116. The first-order chi connectivity index (χ1) is 10.7. The first-order valence-electron chi connectivity index (χ1n) is 7.03. The highest BCUT2D eigenvalue weighted by atomic mass is 16.2. The normalized spacial score (nSPS) is 17.3. The number of amides is 1. The molecule has 3 heterocycles. The minimum absolute atomic E-state index is 0.165. The summed E-state index contributed by atoms with van der Waals surface area (Å²) in [5, 5.41) is 5.66. The molecule has 0 aliphatic carbocycles. The molecular weight excluding hydrogens is 302 g/mol. The Kier molecular flexibility index (Phi) is 3.13. The SMILES string of the molecule is CC1=NN(CC(N)=O)c2nc3c(c(=O)n(C)c(=O)n3C)n2[C@H]1C. The summed E-state index contributed by atoms with van der Waals surface area (Å²) in [7, 11) is 2.96. The number of aromatic nitrogens is 4. The highest BCUT2D eigenvalue weighted by Gasteiger charge is 2.30. The molecule has 0 saturated heterocycles. The Labute approximate surface area is 130 Å². The Morgan fingerprint density at radius 1 is 1.26 bits per heavy atom. The van der Waals surface area contributed by atoms with Crippen molar-refractivity contribution >= 4 is 28.7 Å². The zero-order valence-electron chi connectivity index (χ0n) is 13.3. The van der Waals surface area contributed by atoms with E-state index >= 15 is 0 Å². The van der Waals surface area contributed by atoms with Crippen molar-refractivity contribution in [1.29, 1.82) is 0 Å². The maximum atomic E-state index is 12.6. The second kappa shape index (κ2) is 4.80. The van der Waals surface area contributed by atoms with Crippen LogP contribution in [0, 0.1) is 0 Å². The van der Waals surface area contributed by atoms with Gasteiger partial charge in [-0.3, -0.25) is 23.3 Å². The van der Waals surface area contributed by atoms with Crippen LogP contribution in [0.15, 0.2) is 14.7 Å². The molecule has 10 heteroatoms. The minimum Gasteiger partial charge on any atom is -0.368 e. The number of nitrogens with zero attached hydrogens (tertiary/aromatic N) is 6. The molecule has 2 N–H and O–H groups in total. The van der Waals surface area contributed by atoms with E-state index in [1.54, 1.807) is 18.5 Å². The first kappa shape index (κ1) is 15.0. The highest BCUT2D eigenvalue weighted by Crippen LogP contribution is 2.29. The minimum atomic E-state index is -0.573. The van der Waals surface area contributed by atoms with E-state index in [1.165, 1.54) is 16.6 Å². The van der Waals surface area contributed by atoms with Gasteiger partial charge < -0.3 is 5.73 Å². The predicted molar refractivity (Wildman–Crippen MR) is 84.6 cm³/mol. The lowest BCUT2D eigenvalue weighted by Gasteiger charge is -2.28. The van der Waals surface area contributed by atoms with E-state index in [0.717, 1.165) is 4.57 Å². The fourth-order valence-electron chi connectivity index (χ4n) is 2.71. The van der Waals surface area contributed by atoms with Gasteiger partial charge in [0.2, 0.25) is 11.9 Å². The molecule has 1 amide bonds. The number of carbonyl (C=O) groups excluding carboxylic acids is 1. The Morgan fingerprint density at radius 2 is 1.91 bits per heavy atom. The molecule has 10 nitrogen and oxygen atoms in total. The van der Waals surface area contributed by atoms with E-state index in [9.17, 15) is 14.4 Å². The third-order valence-electron chi connectivity index (χ3n) is 4.08. The number of anilines is 1. The fraction of sp³-hybridized carbons (Fsp3) is 0.462. The molecule has 1 aliphatic rings. The van der Waals surface area contributed by atoms with Gasteiger partial charge in [-0.2, -0.15) is 10.1 Å². The number of hydrogen-bond acceptors (Lipinski definition) is 6. The third kappa shape index (κ3) is 1.98. The van der Waals surface area contributed by atoms with Gasteiger partial charge in [0.15, 0.2) is 11.2 Å². The molecule has 2 aromatic rings. The summed E-state index contributed by atoms with van der Waals surface area (Å²) in [6.45, 7) is 3.50. The summed E-state index contributed by atoms with van der Waals surface area (Å²) in [5.41, 5.74) is 5.59. The first-order valence-corrected chi connectivity index (χ1v) is 7.03. The number of rotatable bonds is 2. The molecule has 1 atom stereocenters. The summed E-state index contributed by atoms with van der Waals surface area (Å²) in [6.07, 6.45) is 0. The monoisotopic (exact) mass is 319 g/mol. The van der Waals surface area contributed by atoms with Crippen LogP contribution in [0.4, 0.5) is 5.95 Å². The molecule has 23 heavy (non-hydrogen) atoms. The largest absolute Gasteiger partial charge is 0.368 e. The van der Waals surface area contributed by atoms with Gasteiger partial charge in [0.25, 0.3) is 5.56 Å². The quantitative estimate of drug-likeness (QED) is 0.735. The van der Waals surface area contributed by atoms with E-state index in [0.29, 0.717) is 17.2 Å². The van der Waals surface area contributed by atoms with Crippen LogP contribution in [0.5, 0.6) is 0 Å². The molecule has 122 valence electrons. The van der Waals surface area contributed by atoms with Crippen LogP contribution in [0.25, 0.3) is 11.2 Å². The zero-order chi connectivity index (χ0) is 17.0. The van der Waals surface area contributed by atoms with Crippen LogP contribution in [-0.2, 0) is 18.9 Å². The summed E-state index contributed by atoms with van der Waals surface area (Å²) in [4.78, 5) is 40.3. The predicted octanol–water partition coefficient (Wildman–Crippen LogP) is -1.32. The lowest BCUT2D eigenvalue weighted by Crippen LogP contribution is -2.39. The van der Waals surface area contributed by atoms with Gasteiger partial charge in [-0.1, -0.05) is 0 Å². The van der Waals surface area contributed by atoms with Crippen molar-refractivity contribution in [3.8, 4) is 0 Å². The molecule has 0 radical (unpaired) electrons.